The predicted molar refractivity (Wildman–Crippen MR) is 228 cm³/mol. The van der Waals surface area contributed by atoms with E-state index in [4.69, 9.17) is 18.4 Å². The van der Waals surface area contributed by atoms with E-state index in [1.54, 1.807) is 36.4 Å². The van der Waals surface area contributed by atoms with Gasteiger partial charge in [0.1, 0.15) is 22.7 Å². The van der Waals surface area contributed by atoms with E-state index >= 15 is 0 Å². The van der Waals surface area contributed by atoms with Crippen molar-refractivity contribution in [3.8, 4) is 11.5 Å². The van der Waals surface area contributed by atoms with Crippen LogP contribution in [-0.2, 0) is 46.2 Å². The van der Waals surface area contributed by atoms with Crippen LogP contribution in [0.1, 0.15) is 98.8 Å². The second kappa shape index (κ2) is 22.8. The Balaban J connectivity index is 0.000000405. The monoisotopic (exact) mass is 980 g/mol. The summed E-state index contributed by atoms with van der Waals surface area (Å²) in [6, 6.07) is 17.8. The molecule has 2 unspecified atom stereocenters. The zero-order chi connectivity index (χ0) is 40.6. The zero-order valence-corrected chi connectivity index (χ0v) is 38.2. The molecule has 0 saturated heterocycles. The first-order valence-electron chi connectivity index (χ1n) is 17.8. The van der Waals surface area contributed by atoms with Gasteiger partial charge in [0.25, 0.3) is 10.1 Å². The number of aryl methyl sites for hydroxylation is 1. The largest absolute Gasteiger partial charge is 0.508 e. The Labute approximate surface area is 345 Å². The van der Waals surface area contributed by atoms with Gasteiger partial charge in [-0.15, -0.1) is 0 Å². The number of esters is 2. The SMILES string of the molecule is CC(Cc1cc(O)ccc1I)C(=O)OC(C)(C)C.CCCOS(=O)(=O)c1ccc(C)cc1.CCCOc1ccc(I)c(CC(C)C(=O)OC(C)(C)C)c1. The summed E-state index contributed by atoms with van der Waals surface area (Å²) in [7, 11) is -3.54. The standard InChI is InChI=1S/C17H25IO3.C14H19IO3.C10H14O3S/c1-6-9-20-14-7-8-15(18)13(11-14)10-12(2)16(19)21-17(3,4)5;1-9(13(17)18-14(2,3)4)7-10-8-11(16)5-6-12(10)15;1-3-8-13-14(11,12)10-6-4-9(2)5-7-10/h7-8,11-12H,6,9-10H2,1-5H3;5-6,8-9,16H,7H2,1-4H3;4-7H,3,8H2,1-2H3. The molecule has 1 N–H and O–H groups in total. The van der Waals surface area contributed by atoms with Crippen LogP contribution in [-0.4, -0.2) is 49.9 Å². The molecule has 0 amide bonds. The lowest BCUT2D eigenvalue weighted by molar-refractivity contribution is -0.160. The fourth-order valence-corrected chi connectivity index (χ4v) is 6.43. The molecule has 0 aliphatic carbocycles. The van der Waals surface area contributed by atoms with Crippen molar-refractivity contribution in [1.82, 2.24) is 0 Å². The van der Waals surface area contributed by atoms with Crippen molar-refractivity contribution in [2.75, 3.05) is 13.2 Å². The Morgan fingerprint density at radius 2 is 1.17 bits per heavy atom. The van der Waals surface area contributed by atoms with E-state index < -0.39 is 21.3 Å². The van der Waals surface area contributed by atoms with Crippen LogP contribution in [0.2, 0.25) is 0 Å². The molecule has 9 nitrogen and oxygen atoms in total. The first-order chi connectivity index (χ1) is 24.5. The van der Waals surface area contributed by atoms with E-state index in [1.807, 2.05) is 93.5 Å². The molecule has 0 saturated carbocycles. The van der Waals surface area contributed by atoms with E-state index in [2.05, 4.69) is 52.1 Å². The van der Waals surface area contributed by atoms with Gasteiger partial charge in [-0.2, -0.15) is 8.42 Å². The minimum absolute atomic E-state index is 0.154. The van der Waals surface area contributed by atoms with Gasteiger partial charge in [0.15, 0.2) is 0 Å². The molecule has 0 heterocycles. The lowest BCUT2D eigenvalue weighted by atomic mass is 10.0. The Morgan fingerprint density at radius 3 is 1.62 bits per heavy atom. The molecule has 3 aromatic rings. The number of aromatic hydroxyl groups is 1. The molecule has 0 aliphatic heterocycles. The molecule has 0 bridgehead atoms. The minimum Gasteiger partial charge on any atom is -0.508 e. The Kier molecular flexibility index (Phi) is 20.9. The molecule has 3 rings (SSSR count). The summed E-state index contributed by atoms with van der Waals surface area (Å²) in [5, 5.41) is 9.46. The van der Waals surface area contributed by atoms with E-state index in [-0.39, 0.29) is 41.0 Å². The lowest BCUT2D eigenvalue weighted by Gasteiger charge is -2.22. The number of ether oxygens (including phenoxy) is 3. The fourth-order valence-electron chi connectivity index (χ4n) is 4.33. The summed E-state index contributed by atoms with van der Waals surface area (Å²) in [5.41, 5.74) is 2.22. The van der Waals surface area contributed by atoms with E-state index in [0.29, 0.717) is 25.9 Å². The summed E-state index contributed by atoms with van der Waals surface area (Å²) in [4.78, 5) is 24.2. The molecule has 0 radical (unpaired) electrons. The second-order valence-corrected chi connectivity index (χ2v) is 18.7. The number of carbonyl (C=O) groups is 2. The summed E-state index contributed by atoms with van der Waals surface area (Å²) >= 11 is 4.49. The summed E-state index contributed by atoms with van der Waals surface area (Å²) in [6.07, 6.45) is 2.90. The molecule has 0 spiro atoms. The number of phenolic OH excluding ortho intramolecular Hbond substituents is 1. The van der Waals surface area contributed by atoms with Gasteiger partial charge in [0, 0.05) is 7.14 Å². The average Bonchev–Trinajstić information content (AvgIpc) is 3.05. The van der Waals surface area contributed by atoms with Crippen LogP contribution in [0.15, 0.2) is 65.6 Å². The highest BCUT2D eigenvalue weighted by molar-refractivity contribution is 14.1. The summed E-state index contributed by atoms with van der Waals surface area (Å²) in [5.74, 6) is 0.337. The predicted octanol–water partition coefficient (Wildman–Crippen LogP) is 10.2. The van der Waals surface area contributed by atoms with Gasteiger partial charge in [-0.05, 0) is 179 Å². The number of halogens is 2. The second-order valence-electron chi connectivity index (χ2n) is 14.7. The van der Waals surface area contributed by atoms with Gasteiger partial charge >= 0.3 is 11.9 Å². The van der Waals surface area contributed by atoms with Crippen LogP contribution in [0.4, 0.5) is 0 Å². The molecule has 12 heteroatoms. The zero-order valence-electron chi connectivity index (χ0n) is 33.0. The third-order valence-electron chi connectivity index (χ3n) is 6.94. The molecule has 2 atom stereocenters. The van der Waals surface area contributed by atoms with Gasteiger partial charge in [-0.3, -0.25) is 13.8 Å². The molecule has 3 aromatic carbocycles. The number of carbonyl (C=O) groups excluding carboxylic acids is 2. The van der Waals surface area contributed by atoms with Crippen molar-refractivity contribution in [3.05, 3.63) is 84.5 Å². The first kappa shape index (κ1) is 48.6. The molecule has 296 valence electrons. The molecule has 0 fully saturated rings. The van der Waals surface area contributed by atoms with Crippen molar-refractivity contribution in [3.63, 3.8) is 0 Å². The Bertz CT molecular complexity index is 1690. The molecule has 0 aromatic heterocycles. The number of phenols is 1. The van der Waals surface area contributed by atoms with Crippen LogP contribution in [0.25, 0.3) is 0 Å². The molecular formula is C41H58I2O9S. The van der Waals surface area contributed by atoms with Crippen LogP contribution < -0.4 is 4.74 Å². The van der Waals surface area contributed by atoms with Gasteiger partial charge in [-0.1, -0.05) is 45.4 Å². The summed E-state index contributed by atoms with van der Waals surface area (Å²) < 4.78 is 46.4. The van der Waals surface area contributed by atoms with Gasteiger partial charge in [0.05, 0.1) is 29.9 Å². The topological polar surface area (TPSA) is 125 Å². The maximum atomic E-state index is 12.1. The lowest BCUT2D eigenvalue weighted by Crippen LogP contribution is -2.28. The minimum atomic E-state index is -3.54. The van der Waals surface area contributed by atoms with Crippen LogP contribution in [0.3, 0.4) is 0 Å². The highest BCUT2D eigenvalue weighted by Crippen LogP contribution is 2.25. The normalized spacial score (nSPS) is 12.6. The summed E-state index contributed by atoms with van der Waals surface area (Å²) in [6.45, 7) is 21.8. The first-order valence-corrected chi connectivity index (χ1v) is 21.3. The smallest absolute Gasteiger partial charge is 0.309 e. The van der Waals surface area contributed by atoms with Gasteiger partial charge in [0.2, 0.25) is 0 Å². The van der Waals surface area contributed by atoms with E-state index in [1.165, 1.54) is 0 Å². The van der Waals surface area contributed by atoms with Crippen molar-refractivity contribution in [2.45, 2.75) is 118 Å². The maximum Gasteiger partial charge on any atom is 0.309 e. The fraction of sp³-hybridized carbons (Fsp3) is 0.512. The quantitative estimate of drug-likeness (QED) is 0.101. The van der Waals surface area contributed by atoms with Crippen molar-refractivity contribution in [1.29, 1.82) is 0 Å². The van der Waals surface area contributed by atoms with E-state index in [9.17, 15) is 23.1 Å². The number of hydrogen-bond acceptors (Lipinski definition) is 9. The number of benzene rings is 3. The van der Waals surface area contributed by atoms with Gasteiger partial charge in [-0.25, -0.2) is 0 Å². The third-order valence-corrected chi connectivity index (χ3v) is 10.4. The average molecular weight is 981 g/mol. The highest BCUT2D eigenvalue weighted by atomic mass is 127. The Morgan fingerprint density at radius 1 is 0.717 bits per heavy atom. The number of hydrogen-bond donors (Lipinski definition) is 1. The van der Waals surface area contributed by atoms with Crippen molar-refractivity contribution >= 4 is 67.2 Å². The Hall–Kier alpha value is -2.43. The molecular weight excluding hydrogens is 922 g/mol. The molecule has 53 heavy (non-hydrogen) atoms. The van der Waals surface area contributed by atoms with Crippen molar-refractivity contribution < 1.29 is 41.5 Å². The highest BCUT2D eigenvalue weighted by Gasteiger charge is 2.24. The van der Waals surface area contributed by atoms with E-state index in [0.717, 1.165) is 36.0 Å². The van der Waals surface area contributed by atoms with Crippen LogP contribution in [0.5, 0.6) is 11.5 Å². The van der Waals surface area contributed by atoms with Crippen molar-refractivity contribution in [2.24, 2.45) is 11.8 Å². The van der Waals surface area contributed by atoms with Crippen LogP contribution >= 0.6 is 45.2 Å². The third kappa shape index (κ3) is 20.2. The number of rotatable bonds is 13. The van der Waals surface area contributed by atoms with Gasteiger partial charge < -0.3 is 19.3 Å². The maximum absolute atomic E-state index is 12.1. The molecule has 0 aliphatic rings. The van der Waals surface area contributed by atoms with Crippen LogP contribution in [0, 0.1) is 25.9 Å².